The number of rotatable bonds is 3. The van der Waals surface area contributed by atoms with Crippen molar-refractivity contribution in [2.24, 2.45) is 5.73 Å². The quantitative estimate of drug-likeness (QED) is 0.927. The van der Waals surface area contributed by atoms with Crippen molar-refractivity contribution >= 4 is 24.0 Å². The van der Waals surface area contributed by atoms with Crippen LogP contribution in [0.2, 0.25) is 5.02 Å². The molecular weight excluding hydrogens is 274 g/mol. The van der Waals surface area contributed by atoms with Crippen molar-refractivity contribution in [1.82, 2.24) is 4.90 Å². The van der Waals surface area contributed by atoms with Gasteiger partial charge in [0.25, 0.3) is 0 Å². The van der Waals surface area contributed by atoms with Gasteiger partial charge in [-0.2, -0.15) is 0 Å². The monoisotopic (exact) mass is 292 g/mol. The van der Waals surface area contributed by atoms with Crippen molar-refractivity contribution in [3.63, 3.8) is 0 Å². The van der Waals surface area contributed by atoms with E-state index in [2.05, 4.69) is 4.90 Å². The number of nitrogens with two attached hydrogens (primary N) is 1. The van der Waals surface area contributed by atoms with Crippen molar-refractivity contribution in [2.45, 2.75) is 31.8 Å². The van der Waals surface area contributed by atoms with Crippen molar-refractivity contribution in [3.05, 3.63) is 34.6 Å². The molecule has 2 rings (SSSR count). The zero-order chi connectivity index (χ0) is 12.3. The van der Waals surface area contributed by atoms with E-state index >= 15 is 0 Å². The smallest absolute Gasteiger partial charge is 0.127 e. The van der Waals surface area contributed by atoms with Gasteiger partial charge in [-0.1, -0.05) is 18.0 Å². The maximum absolute atomic E-state index is 13.6. The van der Waals surface area contributed by atoms with Crippen LogP contribution in [-0.2, 0) is 6.54 Å². The van der Waals surface area contributed by atoms with Crippen LogP contribution in [0.3, 0.4) is 0 Å². The van der Waals surface area contributed by atoms with Crippen molar-refractivity contribution in [3.8, 4) is 0 Å². The minimum Gasteiger partial charge on any atom is -0.329 e. The molecule has 0 bridgehead atoms. The van der Waals surface area contributed by atoms with E-state index < -0.39 is 0 Å². The SMILES string of the molecule is Cl.NCC1CCCCN1Cc1cc(Cl)ccc1F. The van der Waals surface area contributed by atoms with E-state index in [-0.39, 0.29) is 18.2 Å². The second kappa shape index (κ2) is 7.29. The zero-order valence-corrected chi connectivity index (χ0v) is 11.8. The number of nitrogens with zero attached hydrogens (tertiary/aromatic N) is 1. The molecule has 102 valence electrons. The van der Waals surface area contributed by atoms with Crippen LogP contribution in [0.1, 0.15) is 24.8 Å². The highest BCUT2D eigenvalue weighted by molar-refractivity contribution is 6.30. The van der Waals surface area contributed by atoms with Crippen LogP contribution < -0.4 is 5.73 Å². The van der Waals surface area contributed by atoms with Crippen LogP contribution >= 0.6 is 24.0 Å². The van der Waals surface area contributed by atoms with Gasteiger partial charge in [0.15, 0.2) is 0 Å². The lowest BCUT2D eigenvalue weighted by atomic mass is 10.0. The van der Waals surface area contributed by atoms with Gasteiger partial charge < -0.3 is 5.73 Å². The first-order chi connectivity index (χ1) is 8.20. The molecule has 0 aromatic heterocycles. The van der Waals surface area contributed by atoms with E-state index in [1.54, 1.807) is 12.1 Å². The summed E-state index contributed by atoms with van der Waals surface area (Å²) in [6.07, 6.45) is 3.49. The number of hydrogen-bond acceptors (Lipinski definition) is 2. The fourth-order valence-corrected chi connectivity index (χ4v) is 2.61. The van der Waals surface area contributed by atoms with E-state index in [4.69, 9.17) is 17.3 Å². The Balaban J connectivity index is 0.00000162. The molecule has 5 heteroatoms. The summed E-state index contributed by atoms with van der Waals surface area (Å²) in [7, 11) is 0. The molecule has 1 saturated heterocycles. The Labute approximate surface area is 119 Å². The molecule has 0 radical (unpaired) electrons. The topological polar surface area (TPSA) is 29.3 Å². The van der Waals surface area contributed by atoms with Gasteiger partial charge in [-0.05, 0) is 37.6 Å². The summed E-state index contributed by atoms with van der Waals surface area (Å²) in [5.74, 6) is -0.184. The van der Waals surface area contributed by atoms with Gasteiger partial charge in [-0.25, -0.2) is 4.39 Å². The Morgan fingerprint density at radius 1 is 1.39 bits per heavy atom. The molecule has 1 aliphatic heterocycles. The lowest BCUT2D eigenvalue weighted by Crippen LogP contribution is -2.43. The summed E-state index contributed by atoms with van der Waals surface area (Å²) in [5, 5.41) is 0.586. The minimum atomic E-state index is -0.184. The van der Waals surface area contributed by atoms with Gasteiger partial charge in [-0.15, -0.1) is 12.4 Å². The standard InChI is InChI=1S/C13H18ClFN2.ClH/c14-11-4-5-13(15)10(7-11)9-17-6-2-1-3-12(17)8-16;/h4-5,7,12H,1-3,6,8-9,16H2;1H. The molecule has 1 aromatic carbocycles. The van der Waals surface area contributed by atoms with E-state index in [1.807, 2.05) is 0 Å². The Bertz CT molecular complexity index is 387. The third-order valence-corrected chi connectivity index (χ3v) is 3.64. The molecular formula is C13H19Cl2FN2. The predicted molar refractivity (Wildman–Crippen MR) is 75.8 cm³/mol. The van der Waals surface area contributed by atoms with Gasteiger partial charge >= 0.3 is 0 Å². The first-order valence-corrected chi connectivity index (χ1v) is 6.46. The normalized spacial score (nSPS) is 20.5. The molecule has 1 fully saturated rings. The highest BCUT2D eigenvalue weighted by Gasteiger charge is 2.21. The third kappa shape index (κ3) is 3.82. The maximum Gasteiger partial charge on any atom is 0.127 e. The van der Waals surface area contributed by atoms with Crippen LogP contribution in [0.15, 0.2) is 18.2 Å². The highest BCUT2D eigenvalue weighted by Crippen LogP contribution is 2.22. The molecule has 0 saturated carbocycles. The van der Waals surface area contributed by atoms with Crippen LogP contribution in [0.4, 0.5) is 4.39 Å². The summed E-state index contributed by atoms with van der Waals surface area (Å²) < 4.78 is 13.6. The van der Waals surface area contributed by atoms with Crippen LogP contribution in [0.5, 0.6) is 0 Å². The molecule has 0 spiro atoms. The second-order valence-corrected chi connectivity index (χ2v) is 5.03. The molecule has 2 nitrogen and oxygen atoms in total. The average molecular weight is 293 g/mol. The number of piperidine rings is 1. The van der Waals surface area contributed by atoms with Gasteiger partial charge in [0.2, 0.25) is 0 Å². The van der Waals surface area contributed by atoms with Gasteiger partial charge in [0.05, 0.1) is 0 Å². The van der Waals surface area contributed by atoms with Gasteiger partial charge in [0.1, 0.15) is 5.82 Å². The van der Waals surface area contributed by atoms with E-state index in [0.29, 0.717) is 29.7 Å². The van der Waals surface area contributed by atoms with E-state index in [1.165, 1.54) is 18.9 Å². The van der Waals surface area contributed by atoms with Crippen molar-refractivity contribution in [2.75, 3.05) is 13.1 Å². The lowest BCUT2D eigenvalue weighted by Gasteiger charge is -2.35. The zero-order valence-electron chi connectivity index (χ0n) is 10.2. The van der Waals surface area contributed by atoms with Crippen molar-refractivity contribution in [1.29, 1.82) is 0 Å². The van der Waals surface area contributed by atoms with Gasteiger partial charge in [-0.3, -0.25) is 4.90 Å². The van der Waals surface area contributed by atoms with Crippen molar-refractivity contribution < 1.29 is 4.39 Å². The Hall–Kier alpha value is -0.350. The first-order valence-electron chi connectivity index (χ1n) is 6.08. The van der Waals surface area contributed by atoms with Crippen LogP contribution in [0, 0.1) is 5.82 Å². The fourth-order valence-electron chi connectivity index (χ4n) is 2.42. The summed E-state index contributed by atoms with van der Waals surface area (Å²) >= 11 is 5.89. The Kier molecular flexibility index (Phi) is 6.36. The van der Waals surface area contributed by atoms with Crippen LogP contribution in [0.25, 0.3) is 0 Å². The summed E-state index contributed by atoms with van der Waals surface area (Å²) in [6.45, 7) is 2.24. The maximum atomic E-state index is 13.6. The second-order valence-electron chi connectivity index (χ2n) is 4.59. The van der Waals surface area contributed by atoms with E-state index in [9.17, 15) is 4.39 Å². The molecule has 1 unspecified atom stereocenters. The molecule has 1 atom stereocenters. The number of hydrogen-bond donors (Lipinski definition) is 1. The summed E-state index contributed by atoms with van der Waals surface area (Å²) in [6, 6.07) is 5.09. The molecule has 1 heterocycles. The Morgan fingerprint density at radius 3 is 2.89 bits per heavy atom. The van der Waals surface area contributed by atoms with E-state index in [0.717, 1.165) is 13.0 Å². The molecule has 1 aromatic rings. The molecule has 2 N–H and O–H groups in total. The summed E-state index contributed by atoms with van der Waals surface area (Å²) in [5.41, 5.74) is 6.42. The summed E-state index contributed by atoms with van der Waals surface area (Å²) in [4.78, 5) is 2.26. The number of benzene rings is 1. The first kappa shape index (κ1) is 15.7. The van der Waals surface area contributed by atoms with Gasteiger partial charge in [0, 0.05) is 29.7 Å². The molecule has 18 heavy (non-hydrogen) atoms. The highest BCUT2D eigenvalue weighted by atomic mass is 35.5. The largest absolute Gasteiger partial charge is 0.329 e. The minimum absolute atomic E-state index is 0. The fraction of sp³-hybridized carbons (Fsp3) is 0.538. The third-order valence-electron chi connectivity index (χ3n) is 3.40. The lowest BCUT2D eigenvalue weighted by molar-refractivity contribution is 0.143. The Morgan fingerprint density at radius 2 is 2.17 bits per heavy atom. The molecule has 1 aliphatic rings. The number of likely N-dealkylation sites (tertiary alicyclic amines) is 1. The number of halogens is 3. The van der Waals surface area contributed by atoms with Crippen LogP contribution in [-0.4, -0.2) is 24.0 Å². The molecule has 0 aliphatic carbocycles. The average Bonchev–Trinajstić information content (AvgIpc) is 2.34. The predicted octanol–water partition coefficient (Wildman–Crippen LogP) is 3.21. The molecule has 0 amide bonds.